The molecule has 0 spiro atoms. The number of hydrogen-bond donors (Lipinski definition) is 1. The first-order chi connectivity index (χ1) is 4.33. The summed E-state index contributed by atoms with van der Waals surface area (Å²) in [4.78, 5) is 2.20. The SMILES string of the molecule is C#CCN1CCC(N)C1. The predicted molar refractivity (Wildman–Crippen MR) is 37.9 cm³/mol. The van der Waals surface area contributed by atoms with Crippen LogP contribution >= 0.6 is 0 Å². The van der Waals surface area contributed by atoms with Crippen LogP contribution in [0, 0.1) is 12.3 Å². The zero-order valence-electron chi connectivity index (χ0n) is 5.51. The van der Waals surface area contributed by atoms with Crippen LogP contribution in [0.2, 0.25) is 0 Å². The molecule has 0 saturated carbocycles. The zero-order valence-corrected chi connectivity index (χ0v) is 5.51. The molecule has 0 aliphatic carbocycles. The Balaban J connectivity index is 2.24. The highest BCUT2D eigenvalue weighted by Gasteiger charge is 2.16. The Bertz CT molecular complexity index is 125. The van der Waals surface area contributed by atoms with Crippen molar-refractivity contribution in [2.45, 2.75) is 12.5 Å². The third-order valence-electron chi connectivity index (χ3n) is 1.62. The largest absolute Gasteiger partial charge is 0.326 e. The van der Waals surface area contributed by atoms with Crippen molar-refractivity contribution in [1.29, 1.82) is 0 Å². The maximum atomic E-state index is 5.65. The lowest BCUT2D eigenvalue weighted by Gasteiger charge is -2.09. The number of terminal acetylenes is 1. The summed E-state index contributed by atoms with van der Waals surface area (Å²) < 4.78 is 0. The predicted octanol–water partition coefficient (Wildman–Crippen LogP) is -0.347. The van der Waals surface area contributed by atoms with Gasteiger partial charge in [-0.15, -0.1) is 6.42 Å². The van der Waals surface area contributed by atoms with Crippen LogP contribution in [0.4, 0.5) is 0 Å². The van der Waals surface area contributed by atoms with Crippen molar-refractivity contribution in [3.8, 4) is 12.3 Å². The standard InChI is InChI=1S/C7H12N2/c1-2-4-9-5-3-7(8)6-9/h1,7H,3-6,8H2. The highest BCUT2D eigenvalue weighted by atomic mass is 15.2. The number of nitrogens with two attached hydrogens (primary N) is 1. The van der Waals surface area contributed by atoms with Crippen molar-refractivity contribution < 1.29 is 0 Å². The Morgan fingerprint density at radius 1 is 1.78 bits per heavy atom. The summed E-state index contributed by atoms with van der Waals surface area (Å²) in [6, 6.07) is 0.360. The smallest absolute Gasteiger partial charge is 0.0599 e. The lowest BCUT2D eigenvalue weighted by Crippen LogP contribution is -2.26. The molecule has 2 heteroatoms. The number of hydrogen-bond acceptors (Lipinski definition) is 2. The number of rotatable bonds is 1. The average molecular weight is 124 g/mol. The van der Waals surface area contributed by atoms with E-state index in [0.717, 1.165) is 26.1 Å². The van der Waals surface area contributed by atoms with Gasteiger partial charge >= 0.3 is 0 Å². The quantitative estimate of drug-likeness (QED) is 0.484. The molecule has 50 valence electrons. The van der Waals surface area contributed by atoms with Gasteiger partial charge in [-0.2, -0.15) is 0 Å². The molecular weight excluding hydrogens is 112 g/mol. The first kappa shape index (κ1) is 6.60. The molecule has 0 aromatic heterocycles. The van der Waals surface area contributed by atoms with Crippen LogP contribution in [0.3, 0.4) is 0 Å². The van der Waals surface area contributed by atoms with Gasteiger partial charge in [-0.05, 0) is 6.42 Å². The third-order valence-corrected chi connectivity index (χ3v) is 1.62. The summed E-state index contributed by atoms with van der Waals surface area (Å²) >= 11 is 0. The third kappa shape index (κ3) is 1.70. The maximum absolute atomic E-state index is 5.65. The minimum absolute atomic E-state index is 0.360. The molecule has 1 saturated heterocycles. The van der Waals surface area contributed by atoms with Crippen LogP contribution in [0.1, 0.15) is 6.42 Å². The molecule has 9 heavy (non-hydrogen) atoms. The van der Waals surface area contributed by atoms with Gasteiger partial charge in [0, 0.05) is 19.1 Å². The van der Waals surface area contributed by atoms with E-state index in [0.29, 0.717) is 6.04 Å². The van der Waals surface area contributed by atoms with Gasteiger partial charge in [0.25, 0.3) is 0 Å². The molecule has 1 rings (SSSR count). The minimum Gasteiger partial charge on any atom is -0.326 e. The number of likely N-dealkylation sites (tertiary alicyclic amines) is 1. The second kappa shape index (κ2) is 2.86. The summed E-state index contributed by atoms with van der Waals surface area (Å²) in [5.41, 5.74) is 5.65. The van der Waals surface area contributed by atoms with Crippen LogP contribution in [0.25, 0.3) is 0 Å². The highest BCUT2D eigenvalue weighted by Crippen LogP contribution is 2.04. The van der Waals surface area contributed by atoms with E-state index in [4.69, 9.17) is 12.2 Å². The second-order valence-corrected chi connectivity index (χ2v) is 2.49. The number of nitrogens with zero attached hydrogens (tertiary/aromatic N) is 1. The summed E-state index contributed by atoms with van der Waals surface area (Å²) in [6.45, 7) is 2.81. The molecule has 2 N–H and O–H groups in total. The maximum Gasteiger partial charge on any atom is 0.0599 e. The lowest BCUT2D eigenvalue weighted by atomic mass is 10.3. The van der Waals surface area contributed by atoms with E-state index in [1.165, 1.54) is 0 Å². The normalized spacial score (nSPS) is 28.2. The van der Waals surface area contributed by atoms with E-state index in [9.17, 15) is 0 Å². The van der Waals surface area contributed by atoms with Gasteiger partial charge in [-0.1, -0.05) is 5.92 Å². The van der Waals surface area contributed by atoms with Crippen molar-refractivity contribution >= 4 is 0 Å². The molecule has 1 unspecified atom stereocenters. The molecule has 1 heterocycles. The molecule has 0 bridgehead atoms. The van der Waals surface area contributed by atoms with Gasteiger partial charge in [0.15, 0.2) is 0 Å². The molecule has 1 aliphatic rings. The van der Waals surface area contributed by atoms with E-state index < -0.39 is 0 Å². The molecule has 0 radical (unpaired) electrons. The highest BCUT2D eigenvalue weighted by molar-refractivity contribution is 4.91. The van der Waals surface area contributed by atoms with E-state index in [1.807, 2.05) is 0 Å². The second-order valence-electron chi connectivity index (χ2n) is 2.49. The fraction of sp³-hybridized carbons (Fsp3) is 0.714. The van der Waals surface area contributed by atoms with Crippen molar-refractivity contribution in [1.82, 2.24) is 4.90 Å². The van der Waals surface area contributed by atoms with Crippen LogP contribution in [0.5, 0.6) is 0 Å². The van der Waals surface area contributed by atoms with Gasteiger partial charge in [0.05, 0.1) is 6.54 Å². The monoisotopic (exact) mass is 124 g/mol. The Labute approximate surface area is 56.0 Å². The molecule has 1 aliphatic heterocycles. The Kier molecular flexibility index (Phi) is 2.10. The van der Waals surface area contributed by atoms with Crippen LogP contribution in [-0.4, -0.2) is 30.6 Å². The summed E-state index contributed by atoms with van der Waals surface area (Å²) in [5, 5.41) is 0. The molecule has 1 fully saturated rings. The fourth-order valence-electron chi connectivity index (χ4n) is 1.14. The molecule has 0 aromatic carbocycles. The fourth-order valence-corrected chi connectivity index (χ4v) is 1.14. The lowest BCUT2D eigenvalue weighted by molar-refractivity contribution is 0.377. The first-order valence-electron chi connectivity index (χ1n) is 3.24. The van der Waals surface area contributed by atoms with Gasteiger partial charge < -0.3 is 5.73 Å². The van der Waals surface area contributed by atoms with Gasteiger partial charge in [0.2, 0.25) is 0 Å². The van der Waals surface area contributed by atoms with Crippen LogP contribution in [-0.2, 0) is 0 Å². The molecular formula is C7H12N2. The van der Waals surface area contributed by atoms with E-state index in [-0.39, 0.29) is 0 Å². The van der Waals surface area contributed by atoms with Crippen LogP contribution in [0.15, 0.2) is 0 Å². The van der Waals surface area contributed by atoms with Crippen molar-refractivity contribution in [3.05, 3.63) is 0 Å². The molecule has 0 amide bonds. The minimum atomic E-state index is 0.360. The molecule has 0 aromatic rings. The Hall–Kier alpha value is -0.520. The van der Waals surface area contributed by atoms with E-state index in [1.54, 1.807) is 0 Å². The van der Waals surface area contributed by atoms with Crippen molar-refractivity contribution in [3.63, 3.8) is 0 Å². The van der Waals surface area contributed by atoms with E-state index >= 15 is 0 Å². The van der Waals surface area contributed by atoms with Crippen molar-refractivity contribution in [2.24, 2.45) is 5.73 Å². The summed E-state index contributed by atoms with van der Waals surface area (Å²) in [7, 11) is 0. The van der Waals surface area contributed by atoms with E-state index in [2.05, 4.69) is 10.8 Å². The van der Waals surface area contributed by atoms with Gasteiger partial charge in [-0.3, -0.25) is 4.90 Å². The summed E-state index contributed by atoms with van der Waals surface area (Å²) in [5.74, 6) is 2.60. The van der Waals surface area contributed by atoms with Gasteiger partial charge in [-0.25, -0.2) is 0 Å². The zero-order chi connectivity index (χ0) is 6.69. The average Bonchev–Trinajstić information content (AvgIpc) is 2.17. The molecule has 2 nitrogen and oxygen atoms in total. The first-order valence-corrected chi connectivity index (χ1v) is 3.24. The summed E-state index contributed by atoms with van der Waals surface area (Å²) in [6.07, 6.45) is 6.22. The molecule has 1 atom stereocenters. The van der Waals surface area contributed by atoms with Crippen molar-refractivity contribution in [2.75, 3.05) is 19.6 Å². The Morgan fingerprint density at radius 3 is 3.00 bits per heavy atom. The van der Waals surface area contributed by atoms with Gasteiger partial charge in [0.1, 0.15) is 0 Å². The van der Waals surface area contributed by atoms with Crippen LogP contribution < -0.4 is 5.73 Å². The topological polar surface area (TPSA) is 29.3 Å². The Morgan fingerprint density at radius 2 is 2.56 bits per heavy atom.